The first-order valence-electron chi connectivity index (χ1n) is 6.33. The van der Waals surface area contributed by atoms with Crippen molar-refractivity contribution in [3.8, 4) is 5.75 Å². The summed E-state index contributed by atoms with van der Waals surface area (Å²) in [6.07, 6.45) is -0.908. The molecule has 0 radical (unpaired) electrons. The van der Waals surface area contributed by atoms with Gasteiger partial charge >= 0.3 is 17.9 Å². The normalized spacial score (nSPS) is 20.1. The number of imide groups is 1. The Kier molecular flexibility index (Phi) is 2.97. The van der Waals surface area contributed by atoms with E-state index in [1.54, 1.807) is 31.3 Å². The van der Waals surface area contributed by atoms with Gasteiger partial charge in [0, 0.05) is 0 Å². The van der Waals surface area contributed by atoms with Crippen molar-refractivity contribution < 1.29 is 28.4 Å². The van der Waals surface area contributed by atoms with Crippen molar-refractivity contribution in [3.63, 3.8) is 0 Å². The van der Waals surface area contributed by atoms with Crippen molar-refractivity contribution >= 4 is 23.6 Å². The van der Waals surface area contributed by atoms with Gasteiger partial charge in [-0.15, -0.1) is 4.90 Å². The standard InChI is InChI=1S/C14H13N2O5/c1-15-11-8-5-3-4-6-9(8)21-12(11)13(18)16(14(15)19)7-10(17)20-2/h3-6,12H,7H2,1-2H3/q+1. The molecule has 7 nitrogen and oxygen atoms in total. The molecule has 0 N–H and O–H groups in total. The van der Waals surface area contributed by atoms with Crippen LogP contribution < -0.4 is 4.74 Å². The van der Waals surface area contributed by atoms with Gasteiger partial charge in [-0.05, 0) is 12.1 Å². The van der Waals surface area contributed by atoms with E-state index in [9.17, 15) is 14.4 Å². The molecule has 2 heterocycles. The third-order valence-corrected chi connectivity index (χ3v) is 3.54. The highest BCUT2D eigenvalue weighted by Crippen LogP contribution is 2.31. The highest BCUT2D eigenvalue weighted by atomic mass is 16.5. The van der Waals surface area contributed by atoms with Crippen LogP contribution >= 0.6 is 0 Å². The number of para-hydroxylation sites is 1. The Morgan fingerprint density at radius 3 is 2.81 bits per heavy atom. The summed E-state index contributed by atoms with van der Waals surface area (Å²) in [6, 6.07) is 6.54. The van der Waals surface area contributed by atoms with Crippen LogP contribution in [0.25, 0.3) is 0 Å². The van der Waals surface area contributed by atoms with Crippen LogP contribution in [-0.2, 0) is 14.3 Å². The lowest BCUT2D eigenvalue weighted by molar-refractivity contribution is -0.406. The first-order valence-corrected chi connectivity index (χ1v) is 6.33. The van der Waals surface area contributed by atoms with Crippen LogP contribution in [0.2, 0.25) is 0 Å². The molecule has 0 aliphatic carbocycles. The van der Waals surface area contributed by atoms with Gasteiger partial charge < -0.3 is 9.47 Å². The number of urea groups is 1. The Hall–Kier alpha value is -2.70. The summed E-state index contributed by atoms with van der Waals surface area (Å²) in [5, 5.41) is 0. The quantitative estimate of drug-likeness (QED) is 0.566. The van der Waals surface area contributed by atoms with Gasteiger partial charge in [-0.3, -0.25) is 0 Å². The Morgan fingerprint density at radius 1 is 1.38 bits per heavy atom. The van der Waals surface area contributed by atoms with Gasteiger partial charge in [0.15, 0.2) is 12.3 Å². The minimum absolute atomic E-state index is 0.429. The number of amides is 3. The Labute approximate surface area is 120 Å². The van der Waals surface area contributed by atoms with Gasteiger partial charge in [0.05, 0.1) is 19.7 Å². The van der Waals surface area contributed by atoms with E-state index in [2.05, 4.69) is 4.74 Å². The first kappa shape index (κ1) is 13.3. The number of nitrogens with zero attached hydrogens (tertiary/aromatic N) is 2. The topological polar surface area (TPSA) is 75.9 Å². The number of carbonyl (C=O) groups excluding carboxylic acids is 3. The van der Waals surface area contributed by atoms with Crippen molar-refractivity contribution in [1.29, 1.82) is 0 Å². The molecule has 3 rings (SSSR count). The Morgan fingerprint density at radius 2 is 2.10 bits per heavy atom. The molecule has 1 atom stereocenters. The van der Waals surface area contributed by atoms with Gasteiger partial charge in [-0.25, -0.2) is 9.59 Å². The number of esters is 1. The van der Waals surface area contributed by atoms with Crippen molar-refractivity contribution in [1.82, 2.24) is 4.90 Å². The molecular formula is C14H13N2O5+. The predicted molar refractivity (Wildman–Crippen MR) is 70.3 cm³/mol. The zero-order chi connectivity index (χ0) is 15.1. The van der Waals surface area contributed by atoms with E-state index in [0.717, 1.165) is 4.90 Å². The lowest BCUT2D eigenvalue weighted by Crippen LogP contribution is -2.58. The maximum absolute atomic E-state index is 12.4. The van der Waals surface area contributed by atoms with Crippen LogP contribution in [0, 0.1) is 0 Å². The summed E-state index contributed by atoms with van der Waals surface area (Å²) < 4.78 is 11.5. The lowest BCUT2D eigenvalue weighted by atomic mass is 10.0. The fourth-order valence-electron chi connectivity index (χ4n) is 2.49. The number of rotatable bonds is 2. The van der Waals surface area contributed by atoms with Gasteiger partial charge in [-0.2, -0.15) is 9.37 Å². The summed E-state index contributed by atoms with van der Waals surface area (Å²) in [7, 11) is 2.75. The van der Waals surface area contributed by atoms with E-state index in [1.165, 1.54) is 11.7 Å². The first-order chi connectivity index (χ1) is 10.0. The van der Waals surface area contributed by atoms with E-state index < -0.39 is 30.6 Å². The molecule has 7 heteroatoms. The molecule has 0 fully saturated rings. The third-order valence-electron chi connectivity index (χ3n) is 3.54. The van der Waals surface area contributed by atoms with Gasteiger partial charge in [-0.1, -0.05) is 12.1 Å². The number of methoxy groups -OCH3 is 1. The van der Waals surface area contributed by atoms with Crippen LogP contribution in [0.1, 0.15) is 5.56 Å². The second kappa shape index (κ2) is 4.69. The highest BCUT2D eigenvalue weighted by Gasteiger charge is 2.53. The number of fused-ring (bicyclic) bond motifs is 3. The minimum Gasteiger partial charge on any atom is -0.469 e. The molecular weight excluding hydrogens is 276 g/mol. The van der Waals surface area contributed by atoms with Gasteiger partial charge in [0.1, 0.15) is 5.75 Å². The maximum Gasteiger partial charge on any atom is 0.501 e. The molecule has 2 aliphatic heterocycles. The molecule has 1 aromatic carbocycles. The van der Waals surface area contributed by atoms with E-state index in [4.69, 9.17) is 4.74 Å². The third kappa shape index (κ3) is 1.89. The van der Waals surface area contributed by atoms with Crippen molar-refractivity contribution in [3.05, 3.63) is 29.8 Å². The largest absolute Gasteiger partial charge is 0.501 e. The highest BCUT2D eigenvalue weighted by molar-refractivity contribution is 6.22. The summed E-state index contributed by atoms with van der Waals surface area (Å²) in [4.78, 5) is 36.9. The van der Waals surface area contributed by atoms with Crippen LogP contribution in [0.5, 0.6) is 5.75 Å². The van der Waals surface area contributed by atoms with Crippen LogP contribution in [0.15, 0.2) is 24.3 Å². The summed E-state index contributed by atoms with van der Waals surface area (Å²) in [6.45, 7) is -0.429. The Balaban J connectivity index is 2.04. The van der Waals surface area contributed by atoms with Crippen molar-refractivity contribution in [2.45, 2.75) is 6.10 Å². The number of carbonyl (C=O) groups is 3. The molecule has 1 unspecified atom stereocenters. The number of hydrogen-bond donors (Lipinski definition) is 0. The molecule has 0 saturated carbocycles. The van der Waals surface area contributed by atoms with Gasteiger partial charge in [0.2, 0.25) is 0 Å². The van der Waals surface area contributed by atoms with Gasteiger partial charge in [0.25, 0.3) is 6.10 Å². The average molecular weight is 289 g/mol. The molecule has 0 spiro atoms. The minimum atomic E-state index is -0.908. The summed E-state index contributed by atoms with van der Waals surface area (Å²) >= 11 is 0. The molecule has 3 amide bonds. The van der Waals surface area contributed by atoms with E-state index >= 15 is 0 Å². The fourth-order valence-corrected chi connectivity index (χ4v) is 2.49. The molecule has 0 saturated heterocycles. The fraction of sp³-hybridized carbons (Fsp3) is 0.286. The van der Waals surface area contributed by atoms with Crippen LogP contribution in [0.3, 0.4) is 0 Å². The van der Waals surface area contributed by atoms with Crippen LogP contribution in [-0.4, -0.2) is 59.9 Å². The smallest absolute Gasteiger partial charge is 0.469 e. The number of ether oxygens (including phenoxy) is 2. The summed E-state index contributed by atoms with van der Waals surface area (Å²) in [5.41, 5.74) is 1.21. The zero-order valence-electron chi connectivity index (χ0n) is 11.5. The second-order valence-corrected chi connectivity index (χ2v) is 4.72. The Bertz CT molecular complexity index is 694. The SMILES string of the molecule is COC(=O)CN1C(=O)C2Oc3ccccc3C2=[N+](C)C1=O. The molecule has 0 aromatic heterocycles. The van der Waals surface area contributed by atoms with Crippen LogP contribution in [0.4, 0.5) is 4.79 Å². The lowest BCUT2D eigenvalue weighted by Gasteiger charge is -2.21. The molecule has 2 aliphatic rings. The van der Waals surface area contributed by atoms with E-state index in [1.807, 2.05) is 0 Å². The van der Waals surface area contributed by atoms with Crippen molar-refractivity contribution in [2.24, 2.45) is 0 Å². The average Bonchev–Trinajstić information content (AvgIpc) is 2.88. The molecule has 21 heavy (non-hydrogen) atoms. The maximum atomic E-state index is 12.4. The predicted octanol–water partition coefficient (Wildman–Crippen LogP) is 0.0142. The van der Waals surface area contributed by atoms with Crippen molar-refractivity contribution in [2.75, 3.05) is 20.7 Å². The number of hydrogen-bond acceptors (Lipinski definition) is 5. The zero-order valence-corrected chi connectivity index (χ0v) is 11.5. The van der Waals surface area contributed by atoms with E-state index in [0.29, 0.717) is 17.0 Å². The number of benzene rings is 1. The second-order valence-electron chi connectivity index (χ2n) is 4.72. The molecule has 108 valence electrons. The molecule has 1 aromatic rings. The molecule has 0 bridgehead atoms. The van der Waals surface area contributed by atoms with E-state index in [-0.39, 0.29) is 0 Å². The summed E-state index contributed by atoms with van der Waals surface area (Å²) in [5.74, 6) is -0.677. The monoisotopic (exact) mass is 289 g/mol.